The molecule has 1 aliphatic rings. The first-order valence-electron chi connectivity index (χ1n) is 3.49. The Labute approximate surface area is 70.7 Å². The van der Waals surface area contributed by atoms with Crippen LogP contribution in [0.4, 0.5) is 4.39 Å². The zero-order valence-electron chi connectivity index (χ0n) is 6.61. The van der Waals surface area contributed by atoms with Crippen molar-refractivity contribution >= 4 is 7.85 Å². The summed E-state index contributed by atoms with van der Waals surface area (Å²) in [6, 6.07) is -1.16. The van der Waals surface area contributed by atoms with E-state index in [9.17, 15) is 9.50 Å². The van der Waals surface area contributed by atoms with Crippen LogP contribution in [-0.2, 0) is 9.47 Å². The van der Waals surface area contributed by atoms with Crippen LogP contribution in [0.2, 0.25) is 0 Å². The van der Waals surface area contributed by atoms with Gasteiger partial charge in [0.05, 0.1) is 0 Å². The van der Waals surface area contributed by atoms with E-state index in [4.69, 9.17) is 13.0 Å². The Balaban J connectivity index is 2.77. The van der Waals surface area contributed by atoms with E-state index in [-0.39, 0.29) is 0 Å². The van der Waals surface area contributed by atoms with Gasteiger partial charge in [-0.2, -0.15) is 0 Å². The molecule has 12 heavy (non-hydrogen) atoms. The molecule has 2 radical (unpaired) electrons. The predicted octanol–water partition coefficient (Wildman–Crippen LogP) is -1.45. The van der Waals surface area contributed by atoms with Crippen LogP contribution < -0.4 is 0 Å². The van der Waals surface area contributed by atoms with Crippen LogP contribution in [0.1, 0.15) is 0 Å². The molecule has 1 rings (SSSR count). The lowest BCUT2D eigenvalue weighted by Gasteiger charge is -2.23. The van der Waals surface area contributed by atoms with Crippen LogP contribution in [0.25, 0.3) is 0 Å². The van der Waals surface area contributed by atoms with Gasteiger partial charge < -0.3 is 19.7 Å². The van der Waals surface area contributed by atoms with Gasteiger partial charge in [0.2, 0.25) is 0 Å². The number of halogens is 1. The van der Waals surface area contributed by atoms with E-state index in [2.05, 4.69) is 9.47 Å². The number of aliphatic hydroxyl groups is 2. The van der Waals surface area contributed by atoms with Crippen molar-refractivity contribution in [3.63, 3.8) is 0 Å². The average Bonchev–Trinajstić information content (AvgIpc) is 2.25. The number of aliphatic hydroxyl groups excluding tert-OH is 2. The number of hydrogen-bond donors (Lipinski definition) is 2. The summed E-state index contributed by atoms with van der Waals surface area (Å²) in [5, 5.41) is 17.8. The van der Waals surface area contributed by atoms with Crippen LogP contribution >= 0.6 is 0 Å². The molecule has 6 heteroatoms. The molecule has 0 spiro atoms. The third kappa shape index (κ3) is 1.35. The smallest absolute Gasteiger partial charge is 0.261 e. The van der Waals surface area contributed by atoms with Crippen molar-refractivity contribution in [3.8, 4) is 0 Å². The first kappa shape index (κ1) is 9.92. The fraction of sp³-hybridized carbons (Fsp3) is 1.00. The zero-order chi connectivity index (χ0) is 9.35. The highest BCUT2D eigenvalue weighted by atomic mass is 19.2. The van der Waals surface area contributed by atoms with Gasteiger partial charge in [0, 0.05) is 13.1 Å². The van der Waals surface area contributed by atoms with Gasteiger partial charge >= 0.3 is 0 Å². The molecule has 0 bridgehead atoms. The van der Waals surface area contributed by atoms with E-state index in [0.717, 1.165) is 0 Å². The summed E-state index contributed by atoms with van der Waals surface area (Å²) >= 11 is 0. The Kier molecular flexibility index (Phi) is 2.72. The largest absolute Gasteiger partial charge is 0.390 e. The molecule has 1 aliphatic heterocycles. The van der Waals surface area contributed by atoms with Gasteiger partial charge in [0.1, 0.15) is 26.7 Å². The van der Waals surface area contributed by atoms with Crippen molar-refractivity contribution in [1.29, 1.82) is 0 Å². The summed E-state index contributed by atoms with van der Waals surface area (Å²) in [6.45, 7) is -0.893. The summed E-state index contributed by atoms with van der Waals surface area (Å²) < 4.78 is 22.5. The Morgan fingerprint density at radius 2 is 2.33 bits per heavy atom. The summed E-state index contributed by atoms with van der Waals surface area (Å²) in [5.74, 6) is -2.40. The second kappa shape index (κ2) is 3.29. The van der Waals surface area contributed by atoms with Crippen LogP contribution in [0.5, 0.6) is 0 Å². The molecule has 1 heterocycles. The zero-order valence-corrected chi connectivity index (χ0v) is 6.61. The first-order chi connectivity index (χ1) is 5.55. The molecule has 1 unspecified atom stereocenters. The SMILES string of the molecule is [B][C@@H]1O[C@](F)(CO)C(OC)[C@@H]1O. The standard InChI is InChI=1S/C6H10BFO4/c1-11-4-3(10)5(7)12-6(4,8)2-9/h3-5,9-10H,2H2,1H3/t3-,4?,5+,6+/m0/s1. The highest BCUT2D eigenvalue weighted by molar-refractivity contribution is 6.11. The molecule has 0 amide bonds. The normalized spacial score (nSPS) is 48.2. The Morgan fingerprint density at radius 3 is 2.67 bits per heavy atom. The van der Waals surface area contributed by atoms with Gasteiger partial charge in [0.15, 0.2) is 0 Å². The summed E-state index contributed by atoms with van der Waals surface area (Å²) in [6.07, 6.45) is -2.50. The molecular weight excluding hydrogens is 166 g/mol. The monoisotopic (exact) mass is 176 g/mol. The quantitative estimate of drug-likeness (QED) is 0.505. The van der Waals surface area contributed by atoms with E-state index < -0.39 is 30.7 Å². The Morgan fingerprint density at radius 1 is 1.75 bits per heavy atom. The lowest BCUT2D eigenvalue weighted by atomic mass is 9.93. The molecule has 68 valence electrons. The van der Waals surface area contributed by atoms with Gasteiger partial charge in [-0.25, -0.2) is 4.39 Å². The lowest BCUT2D eigenvalue weighted by molar-refractivity contribution is -0.194. The van der Waals surface area contributed by atoms with Crippen molar-refractivity contribution in [2.24, 2.45) is 0 Å². The third-order valence-corrected chi connectivity index (χ3v) is 1.87. The minimum atomic E-state index is -2.40. The molecule has 1 saturated heterocycles. The van der Waals surface area contributed by atoms with E-state index in [1.807, 2.05) is 0 Å². The third-order valence-electron chi connectivity index (χ3n) is 1.87. The molecule has 4 atom stereocenters. The Bertz CT molecular complexity index is 170. The number of alkyl halides is 1. The summed E-state index contributed by atoms with van der Waals surface area (Å²) in [7, 11) is 6.40. The molecule has 2 N–H and O–H groups in total. The second-order valence-corrected chi connectivity index (χ2v) is 2.67. The molecule has 0 aromatic heterocycles. The molecule has 0 aliphatic carbocycles. The van der Waals surface area contributed by atoms with Crippen molar-refractivity contribution in [3.05, 3.63) is 0 Å². The van der Waals surface area contributed by atoms with Gasteiger partial charge in [-0.3, -0.25) is 0 Å². The number of hydrogen-bond acceptors (Lipinski definition) is 4. The van der Waals surface area contributed by atoms with E-state index in [1.54, 1.807) is 0 Å². The minimum absolute atomic E-state index is 0.893. The first-order valence-corrected chi connectivity index (χ1v) is 3.49. The maximum Gasteiger partial charge on any atom is 0.261 e. The number of methoxy groups -OCH3 is 1. The molecule has 4 nitrogen and oxygen atoms in total. The number of ether oxygens (including phenoxy) is 2. The van der Waals surface area contributed by atoms with E-state index >= 15 is 0 Å². The van der Waals surface area contributed by atoms with Gasteiger partial charge in [-0.05, 0) is 0 Å². The van der Waals surface area contributed by atoms with Crippen LogP contribution in [-0.4, -0.2) is 55.8 Å². The number of rotatable bonds is 2. The highest BCUT2D eigenvalue weighted by Gasteiger charge is 2.53. The second-order valence-electron chi connectivity index (χ2n) is 2.67. The maximum absolute atomic E-state index is 13.4. The minimum Gasteiger partial charge on any atom is -0.390 e. The van der Waals surface area contributed by atoms with Crippen LogP contribution in [0.3, 0.4) is 0 Å². The van der Waals surface area contributed by atoms with Crippen molar-refractivity contribution < 1.29 is 24.1 Å². The summed E-state index contributed by atoms with van der Waals surface area (Å²) in [5.41, 5.74) is 0. The van der Waals surface area contributed by atoms with Gasteiger partial charge in [-0.15, -0.1) is 0 Å². The molecule has 1 fully saturated rings. The van der Waals surface area contributed by atoms with Crippen LogP contribution in [0, 0.1) is 0 Å². The van der Waals surface area contributed by atoms with Gasteiger partial charge in [-0.1, -0.05) is 0 Å². The molecule has 0 aromatic rings. The predicted molar refractivity (Wildman–Crippen MR) is 38.4 cm³/mol. The molecular formula is C6H10BFO4. The topological polar surface area (TPSA) is 58.9 Å². The van der Waals surface area contributed by atoms with Crippen molar-refractivity contribution in [2.75, 3.05) is 13.7 Å². The molecule has 0 aromatic carbocycles. The van der Waals surface area contributed by atoms with Gasteiger partial charge in [0.25, 0.3) is 5.85 Å². The van der Waals surface area contributed by atoms with Crippen LogP contribution in [0.15, 0.2) is 0 Å². The lowest BCUT2D eigenvalue weighted by Crippen LogP contribution is -2.43. The summed E-state index contributed by atoms with van der Waals surface area (Å²) in [4.78, 5) is 0. The maximum atomic E-state index is 13.4. The fourth-order valence-electron chi connectivity index (χ4n) is 1.23. The Hall–Kier alpha value is -0.165. The fourth-order valence-corrected chi connectivity index (χ4v) is 1.23. The highest BCUT2D eigenvalue weighted by Crippen LogP contribution is 2.32. The van der Waals surface area contributed by atoms with Crippen molar-refractivity contribution in [2.45, 2.75) is 24.1 Å². The van der Waals surface area contributed by atoms with E-state index in [0.29, 0.717) is 0 Å². The van der Waals surface area contributed by atoms with Crippen molar-refractivity contribution in [1.82, 2.24) is 0 Å². The van der Waals surface area contributed by atoms with E-state index in [1.165, 1.54) is 7.11 Å². The average molecular weight is 176 g/mol. The molecule has 0 saturated carbocycles.